The minimum absolute atomic E-state index is 0.0394. The number of nitrogens with zero attached hydrogens (tertiary/aromatic N) is 4. The normalized spacial score (nSPS) is 25.2. The second-order valence-corrected chi connectivity index (χ2v) is 11.4. The van der Waals surface area contributed by atoms with Gasteiger partial charge in [0, 0.05) is 68.3 Å². The summed E-state index contributed by atoms with van der Waals surface area (Å²) in [6.07, 6.45) is 4.46. The van der Waals surface area contributed by atoms with E-state index in [1.54, 1.807) is 23.9 Å². The van der Waals surface area contributed by atoms with E-state index in [1.165, 1.54) is 17.7 Å². The van der Waals surface area contributed by atoms with E-state index >= 15 is 0 Å². The molecule has 5 rings (SSSR count). The van der Waals surface area contributed by atoms with Crippen LogP contribution in [0.4, 0.5) is 11.4 Å². The number of hydrogen-bond acceptors (Lipinski definition) is 6. The Bertz CT molecular complexity index is 1220. The first-order valence-electron chi connectivity index (χ1n) is 12.8. The maximum Gasteiger partial charge on any atom is 0.269 e. The summed E-state index contributed by atoms with van der Waals surface area (Å²) < 4.78 is 0. The van der Waals surface area contributed by atoms with Crippen LogP contribution in [0, 0.1) is 23.0 Å². The van der Waals surface area contributed by atoms with Crippen molar-refractivity contribution in [3.63, 3.8) is 0 Å². The molecule has 2 heterocycles. The number of piperazine rings is 1. The van der Waals surface area contributed by atoms with E-state index in [-0.39, 0.29) is 29.5 Å². The van der Waals surface area contributed by atoms with Crippen LogP contribution < -0.4 is 4.90 Å². The smallest absolute Gasteiger partial charge is 0.269 e. The molecule has 0 radical (unpaired) electrons. The number of nitro groups is 1. The third kappa shape index (κ3) is 5.37. The zero-order chi connectivity index (χ0) is 26.1. The molecule has 1 aliphatic carbocycles. The van der Waals surface area contributed by atoms with Crippen molar-refractivity contribution in [2.75, 3.05) is 38.1 Å². The van der Waals surface area contributed by atoms with Gasteiger partial charge in [-0.05, 0) is 50.0 Å². The first-order valence-corrected chi connectivity index (χ1v) is 13.7. The third-order valence-electron chi connectivity index (χ3n) is 7.77. The molecular formula is C28H32N4O4S. The molecule has 1 saturated carbocycles. The van der Waals surface area contributed by atoms with Crippen LogP contribution in [0.3, 0.4) is 0 Å². The van der Waals surface area contributed by atoms with Crippen molar-refractivity contribution in [2.45, 2.75) is 37.5 Å². The molecular weight excluding hydrogens is 488 g/mol. The van der Waals surface area contributed by atoms with Crippen molar-refractivity contribution in [2.24, 2.45) is 5.92 Å². The summed E-state index contributed by atoms with van der Waals surface area (Å²) in [5, 5.41) is 11.2. The average Bonchev–Trinajstić information content (AvgIpc) is 2.91. The number of rotatable bonds is 4. The molecule has 3 aliphatic rings. The summed E-state index contributed by atoms with van der Waals surface area (Å²) in [5.41, 5.74) is 3.23. The highest BCUT2D eigenvalue weighted by Crippen LogP contribution is 2.43. The number of amides is 2. The van der Waals surface area contributed by atoms with Gasteiger partial charge in [-0.15, -0.1) is 11.8 Å². The van der Waals surface area contributed by atoms with Gasteiger partial charge in [-0.25, -0.2) is 0 Å². The van der Waals surface area contributed by atoms with Gasteiger partial charge in [-0.3, -0.25) is 19.7 Å². The number of aryl methyl sites for hydroxylation is 1. The van der Waals surface area contributed by atoms with Crippen molar-refractivity contribution >= 4 is 41.0 Å². The van der Waals surface area contributed by atoms with Gasteiger partial charge in [0.05, 0.1) is 9.83 Å². The molecule has 0 spiro atoms. The summed E-state index contributed by atoms with van der Waals surface area (Å²) in [6, 6.07) is 14.8. The highest BCUT2D eigenvalue weighted by molar-refractivity contribution is 8.04. The van der Waals surface area contributed by atoms with E-state index < -0.39 is 4.92 Å². The highest BCUT2D eigenvalue weighted by atomic mass is 32.2. The van der Waals surface area contributed by atoms with Crippen LogP contribution >= 0.6 is 11.8 Å². The quantitative estimate of drug-likeness (QED) is 0.339. The van der Waals surface area contributed by atoms with E-state index in [0.29, 0.717) is 37.8 Å². The number of nitro benzene ring substituents is 1. The first-order chi connectivity index (χ1) is 17.8. The number of fused-ring (bicyclic) bond motifs is 1. The molecule has 2 aliphatic heterocycles. The van der Waals surface area contributed by atoms with Gasteiger partial charge >= 0.3 is 0 Å². The van der Waals surface area contributed by atoms with E-state index in [4.69, 9.17) is 0 Å². The van der Waals surface area contributed by atoms with Gasteiger partial charge in [0.1, 0.15) is 0 Å². The molecule has 3 atom stereocenters. The number of likely N-dealkylation sites (N-methyl/N-ethyl adjacent to an activating group) is 1. The Kier molecular flexibility index (Phi) is 7.24. The zero-order valence-corrected chi connectivity index (χ0v) is 22.0. The Balaban J connectivity index is 1.18. The molecule has 3 fully saturated rings. The molecule has 2 aromatic rings. The molecule has 0 aromatic heterocycles. The summed E-state index contributed by atoms with van der Waals surface area (Å²) in [5.74, 6) is 0.164. The first kappa shape index (κ1) is 25.3. The highest BCUT2D eigenvalue weighted by Gasteiger charge is 2.43. The molecule has 8 nitrogen and oxygen atoms in total. The molecule has 2 aromatic carbocycles. The van der Waals surface area contributed by atoms with Gasteiger partial charge in [0.25, 0.3) is 11.6 Å². The molecule has 0 N–H and O–H groups in total. The Morgan fingerprint density at radius 1 is 1.08 bits per heavy atom. The molecule has 2 amide bonds. The van der Waals surface area contributed by atoms with Crippen molar-refractivity contribution < 1.29 is 14.5 Å². The van der Waals surface area contributed by atoms with Gasteiger partial charge in [-0.2, -0.15) is 0 Å². The number of carbonyl (C=O) groups excluding carboxylic acids is 2. The predicted molar refractivity (Wildman–Crippen MR) is 146 cm³/mol. The summed E-state index contributed by atoms with van der Waals surface area (Å²) in [6.45, 7) is 4.71. The monoisotopic (exact) mass is 520 g/mol. The molecule has 37 heavy (non-hydrogen) atoms. The maximum atomic E-state index is 13.4. The van der Waals surface area contributed by atoms with Crippen LogP contribution in [0.25, 0.3) is 6.08 Å². The number of hydrogen-bond donors (Lipinski definition) is 0. The fraction of sp³-hybridized carbons (Fsp3) is 0.429. The number of thioether (sulfide) groups is 1. The largest absolute Gasteiger partial charge is 0.368 e. The van der Waals surface area contributed by atoms with Crippen molar-refractivity contribution in [1.29, 1.82) is 0 Å². The Morgan fingerprint density at radius 2 is 1.81 bits per heavy atom. The third-order valence-corrected chi connectivity index (χ3v) is 9.17. The SMILES string of the molecule is Cc1cccc(/C=C2\SC3CCC(C(=O)N4CCN(c5ccc([N+](=O)[O-])cc5)CC4)CC3N(C)C2=O)c1. The van der Waals surface area contributed by atoms with Crippen LogP contribution in [0.5, 0.6) is 0 Å². The number of anilines is 1. The molecule has 0 bridgehead atoms. The van der Waals surface area contributed by atoms with Crippen LogP contribution in [0.1, 0.15) is 30.4 Å². The van der Waals surface area contributed by atoms with Crippen LogP contribution in [0.2, 0.25) is 0 Å². The van der Waals surface area contributed by atoms with Crippen molar-refractivity contribution in [1.82, 2.24) is 9.80 Å². The van der Waals surface area contributed by atoms with Crippen molar-refractivity contribution in [3.05, 3.63) is 74.7 Å². The van der Waals surface area contributed by atoms with Gasteiger partial charge in [-0.1, -0.05) is 29.8 Å². The van der Waals surface area contributed by atoms with E-state index in [9.17, 15) is 19.7 Å². The minimum Gasteiger partial charge on any atom is -0.368 e. The lowest BCUT2D eigenvalue weighted by Crippen LogP contribution is -2.55. The standard InChI is InChI=1S/C28H32N4O4S/c1-19-4-3-5-20(16-19)17-26-28(34)29(2)24-18-21(6-11-25(24)37-26)27(33)31-14-12-30(13-15-31)22-7-9-23(10-8-22)32(35)36/h3-5,7-10,16-17,21,24-25H,6,11-15,18H2,1-2H3/b26-17-. The fourth-order valence-electron chi connectivity index (χ4n) is 5.66. The summed E-state index contributed by atoms with van der Waals surface area (Å²) >= 11 is 1.67. The van der Waals surface area contributed by atoms with Crippen molar-refractivity contribution in [3.8, 4) is 0 Å². The fourth-order valence-corrected chi connectivity index (χ4v) is 7.14. The second-order valence-electron chi connectivity index (χ2n) is 10.2. The summed E-state index contributed by atoms with van der Waals surface area (Å²) in [4.78, 5) is 43.9. The topological polar surface area (TPSA) is 87.0 Å². The van der Waals surface area contributed by atoms with Gasteiger partial charge in [0.15, 0.2) is 0 Å². The average molecular weight is 521 g/mol. The predicted octanol–water partition coefficient (Wildman–Crippen LogP) is 4.34. The zero-order valence-electron chi connectivity index (χ0n) is 21.2. The number of benzene rings is 2. The number of non-ortho nitro benzene ring substituents is 1. The van der Waals surface area contributed by atoms with Crippen LogP contribution in [-0.2, 0) is 9.59 Å². The van der Waals surface area contributed by atoms with Crippen LogP contribution in [-0.4, -0.2) is 71.1 Å². The Hall–Kier alpha value is -3.33. The lowest BCUT2D eigenvalue weighted by molar-refractivity contribution is -0.384. The van der Waals surface area contributed by atoms with E-state index in [2.05, 4.69) is 11.0 Å². The molecule has 9 heteroatoms. The van der Waals surface area contributed by atoms with Crippen LogP contribution in [0.15, 0.2) is 53.4 Å². The lowest BCUT2D eigenvalue weighted by atomic mass is 9.83. The number of carbonyl (C=O) groups is 2. The molecule has 194 valence electrons. The Labute approximate surface area is 221 Å². The summed E-state index contributed by atoms with van der Waals surface area (Å²) in [7, 11) is 1.87. The minimum atomic E-state index is -0.397. The van der Waals surface area contributed by atoms with Gasteiger partial charge < -0.3 is 14.7 Å². The second kappa shape index (κ2) is 10.6. The lowest BCUT2D eigenvalue weighted by Gasteiger charge is -2.45. The van der Waals surface area contributed by atoms with Gasteiger partial charge in [0.2, 0.25) is 5.91 Å². The van der Waals surface area contributed by atoms with E-state index in [0.717, 1.165) is 29.0 Å². The molecule has 2 saturated heterocycles. The molecule has 3 unspecified atom stereocenters. The maximum absolute atomic E-state index is 13.4. The Morgan fingerprint density at radius 3 is 2.49 bits per heavy atom. The van der Waals surface area contributed by atoms with E-state index in [1.807, 2.05) is 48.0 Å².